The van der Waals surface area contributed by atoms with Gasteiger partial charge in [0.25, 0.3) is 0 Å². The molecule has 17 heavy (non-hydrogen) atoms. The van der Waals surface area contributed by atoms with Crippen molar-refractivity contribution in [3.63, 3.8) is 0 Å². The highest BCUT2D eigenvalue weighted by Crippen LogP contribution is 2.30. The van der Waals surface area contributed by atoms with Crippen molar-refractivity contribution >= 4 is 0 Å². The number of likely N-dealkylation sites (N-methyl/N-ethyl adjacent to an activating group) is 2. The lowest BCUT2D eigenvalue weighted by Crippen LogP contribution is -2.53. The van der Waals surface area contributed by atoms with Crippen LogP contribution < -0.4 is 5.32 Å². The minimum absolute atomic E-state index is 0.705. The fraction of sp³-hybridized carbons (Fsp3) is 1.00. The van der Waals surface area contributed by atoms with E-state index < -0.39 is 0 Å². The summed E-state index contributed by atoms with van der Waals surface area (Å²) in [7, 11) is 2.13. The van der Waals surface area contributed by atoms with Crippen molar-refractivity contribution in [3.8, 4) is 0 Å². The number of hydrogen-bond acceptors (Lipinski definition) is 2. The molecular weight excluding hydrogens is 208 g/mol. The molecule has 0 aromatic carbocycles. The maximum atomic E-state index is 3.55. The van der Waals surface area contributed by atoms with E-state index in [1.54, 1.807) is 0 Å². The summed E-state index contributed by atoms with van der Waals surface area (Å²) >= 11 is 0. The average Bonchev–Trinajstić information content (AvgIpc) is 2.34. The first kappa shape index (κ1) is 15.0. The van der Waals surface area contributed by atoms with Gasteiger partial charge in [0.15, 0.2) is 0 Å². The van der Waals surface area contributed by atoms with E-state index in [-0.39, 0.29) is 0 Å². The van der Waals surface area contributed by atoms with Crippen LogP contribution in [0.5, 0.6) is 0 Å². The van der Waals surface area contributed by atoms with Gasteiger partial charge in [-0.15, -0.1) is 0 Å². The third-order valence-electron chi connectivity index (χ3n) is 4.35. The van der Waals surface area contributed by atoms with E-state index in [1.165, 1.54) is 38.8 Å². The third-order valence-corrected chi connectivity index (χ3v) is 4.35. The summed E-state index contributed by atoms with van der Waals surface area (Å²) in [5.41, 5.74) is 0. The molecule has 2 nitrogen and oxygen atoms in total. The highest BCUT2D eigenvalue weighted by atomic mass is 15.2. The quantitative estimate of drug-likeness (QED) is 0.767. The van der Waals surface area contributed by atoms with Gasteiger partial charge < -0.3 is 5.32 Å². The average molecular weight is 240 g/mol. The van der Waals surface area contributed by atoms with Crippen LogP contribution >= 0.6 is 0 Å². The van der Waals surface area contributed by atoms with E-state index in [9.17, 15) is 0 Å². The Labute approximate surface area is 108 Å². The first-order chi connectivity index (χ1) is 8.12. The van der Waals surface area contributed by atoms with Gasteiger partial charge in [0.1, 0.15) is 0 Å². The van der Waals surface area contributed by atoms with Gasteiger partial charge in [-0.2, -0.15) is 0 Å². The summed E-state index contributed by atoms with van der Waals surface area (Å²) < 4.78 is 0. The molecule has 0 radical (unpaired) electrons. The van der Waals surface area contributed by atoms with E-state index in [0.717, 1.165) is 17.9 Å². The van der Waals surface area contributed by atoms with Crippen LogP contribution in [-0.4, -0.2) is 37.1 Å². The molecule has 3 unspecified atom stereocenters. The maximum absolute atomic E-state index is 3.55. The lowest BCUT2D eigenvalue weighted by Gasteiger charge is -2.43. The largest absolute Gasteiger partial charge is 0.315 e. The Kier molecular flexibility index (Phi) is 6.50. The zero-order valence-corrected chi connectivity index (χ0v) is 12.5. The van der Waals surface area contributed by atoms with Gasteiger partial charge in [-0.25, -0.2) is 0 Å². The minimum Gasteiger partial charge on any atom is -0.315 e. The van der Waals surface area contributed by atoms with Gasteiger partial charge in [-0.05, 0) is 44.7 Å². The molecule has 0 aromatic rings. The van der Waals surface area contributed by atoms with Crippen molar-refractivity contribution in [2.45, 2.75) is 65.5 Å². The number of nitrogens with one attached hydrogen (secondary N) is 1. The molecule has 1 N–H and O–H groups in total. The Bertz CT molecular complexity index is 203. The van der Waals surface area contributed by atoms with Crippen molar-refractivity contribution in [3.05, 3.63) is 0 Å². The second-order valence-corrected chi connectivity index (χ2v) is 6.03. The molecule has 0 saturated heterocycles. The van der Waals surface area contributed by atoms with Gasteiger partial charge in [-0.1, -0.05) is 34.1 Å². The Morgan fingerprint density at radius 1 is 1.24 bits per heavy atom. The van der Waals surface area contributed by atoms with Gasteiger partial charge >= 0.3 is 0 Å². The first-order valence-corrected chi connectivity index (χ1v) is 7.53. The van der Waals surface area contributed by atoms with E-state index >= 15 is 0 Å². The summed E-state index contributed by atoms with van der Waals surface area (Å²) in [5.74, 6) is 1.72. The van der Waals surface area contributed by atoms with Crippen LogP contribution in [0.1, 0.15) is 53.4 Å². The van der Waals surface area contributed by atoms with Gasteiger partial charge in [0, 0.05) is 18.6 Å². The third kappa shape index (κ3) is 4.26. The molecule has 0 amide bonds. The molecule has 1 aliphatic rings. The summed E-state index contributed by atoms with van der Waals surface area (Å²) in [4.78, 5) is 2.70. The van der Waals surface area contributed by atoms with Crippen LogP contribution in [0.15, 0.2) is 0 Å². The topological polar surface area (TPSA) is 15.3 Å². The molecule has 102 valence electrons. The van der Waals surface area contributed by atoms with Crippen LogP contribution in [0.4, 0.5) is 0 Å². The normalized spacial score (nSPS) is 30.2. The minimum atomic E-state index is 0.705. The molecule has 1 saturated carbocycles. The summed E-state index contributed by atoms with van der Waals surface area (Å²) in [6.07, 6.45) is 5.51. The van der Waals surface area contributed by atoms with Crippen LogP contribution in [0.2, 0.25) is 0 Å². The Morgan fingerprint density at radius 3 is 2.41 bits per heavy atom. The molecule has 0 heterocycles. The standard InChI is InChI=1S/C15H32N2/c1-6-13-8-9-14(16-5)15(10-13)17(7-2)11-12(3)4/h12-16H,6-11H2,1-5H3. The lowest BCUT2D eigenvalue weighted by atomic mass is 9.80. The molecule has 3 atom stereocenters. The predicted molar refractivity (Wildman–Crippen MR) is 76.4 cm³/mol. The molecule has 0 bridgehead atoms. The Morgan fingerprint density at radius 2 is 1.94 bits per heavy atom. The Balaban J connectivity index is 2.65. The monoisotopic (exact) mass is 240 g/mol. The van der Waals surface area contributed by atoms with E-state index in [0.29, 0.717) is 6.04 Å². The summed E-state index contributed by atoms with van der Waals surface area (Å²) in [5, 5.41) is 3.55. The van der Waals surface area contributed by atoms with Gasteiger partial charge in [0.2, 0.25) is 0 Å². The molecular formula is C15H32N2. The van der Waals surface area contributed by atoms with Crippen molar-refractivity contribution in [1.29, 1.82) is 0 Å². The molecule has 0 aliphatic heterocycles. The van der Waals surface area contributed by atoms with E-state index in [4.69, 9.17) is 0 Å². The highest BCUT2D eigenvalue weighted by molar-refractivity contribution is 4.90. The van der Waals surface area contributed by atoms with Crippen LogP contribution in [0, 0.1) is 11.8 Å². The van der Waals surface area contributed by atoms with Crippen LogP contribution in [-0.2, 0) is 0 Å². The first-order valence-electron chi connectivity index (χ1n) is 7.53. The molecule has 1 aliphatic carbocycles. The van der Waals surface area contributed by atoms with Gasteiger partial charge in [0.05, 0.1) is 0 Å². The Hall–Kier alpha value is -0.0800. The number of nitrogens with zero attached hydrogens (tertiary/aromatic N) is 1. The van der Waals surface area contributed by atoms with Gasteiger partial charge in [-0.3, -0.25) is 4.90 Å². The zero-order valence-electron chi connectivity index (χ0n) is 12.5. The van der Waals surface area contributed by atoms with E-state index in [2.05, 4.69) is 45.0 Å². The smallest absolute Gasteiger partial charge is 0.0251 e. The van der Waals surface area contributed by atoms with Crippen molar-refractivity contribution in [2.24, 2.45) is 11.8 Å². The summed E-state index contributed by atoms with van der Waals surface area (Å²) in [6.45, 7) is 11.8. The number of rotatable bonds is 6. The van der Waals surface area contributed by atoms with Crippen LogP contribution in [0.3, 0.4) is 0 Å². The van der Waals surface area contributed by atoms with Crippen molar-refractivity contribution in [2.75, 3.05) is 20.1 Å². The van der Waals surface area contributed by atoms with Crippen molar-refractivity contribution in [1.82, 2.24) is 10.2 Å². The van der Waals surface area contributed by atoms with Crippen LogP contribution in [0.25, 0.3) is 0 Å². The number of hydrogen-bond donors (Lipinski definition) is 1. The van der Waals surface area contributed by atoms with E-state index in [1.807, 2.05) is 0 Å². The highest BCUT2D eigenvalue weighted by Gasteiger charge is 2.32. The second-order valence-electron chi connectivity index (χ2n) is 6.03. The fourth-order valence-corrected chi connectivity index (χ4v) is 3.31. The second kappa shape index (κ2) is 7.38. The molecule has 1 rings (SSSR count). The molecule has 0 spiro atoms. The molecule has 1 fully saturated rings. The SMILES string of the molecule is CCC1CCC(NC)C(N(CC)CC(C)C)C1. The maximum Gasteiger partial charge on any atom is 0.0251 e. The summed E-state index contributed by atoms with van der Waals surface area (Å²) in [6, 6.07) is 1.46. The van der Waals surface area contributed by atoms with Crippen molar-refractivity contribution < 1.29 is 0 Å². The zero-order chi connectivity index (χ0) is 12.8. The fourth-order valence-electron chi connectivity index (χ4n) is 3.31. The molecule has 2 heteroatoms. The predicted octanol–water partition coefficient (Wildman–Crippen LogP) is 3.13. The molecule has 0 aromatic heterocycles. The lowest BCUT2D eigenvalue weighted by molar-refractivity contribution is 0.0927.